The second-order valence-corrected chi connectivity index (χ2v) is 9.20. The number of carbonyl (C=O) groups excluding carboxylic acids is 2. The van der Waals surface area contributed by atoms with Crippen molar-refractivity contribution >= 4 is 29.4 Å². The van der Waals surface area contributed by atoms with Crippen LogP contribution in [0.3, 0.4) is 0 Å². The Hall–Kier alpha value is -3.99. The Morgan fingerprint density at radius 3 is 2.32 bits per heavy atom. The topological polar surface area (TPSA) is 74.7 Å². The largest absolute Gasteiger partial charge is 0.478 e. The van der Waals surface area contributed by atoms with Gasteiger partial charge in [-0.3, -0.25) is 9.59 Å². The Morgan fingerprint density at radius 2 is 1.65 bits per heavy atom. The van der Waals surface area contributed by atoms with Crippen LogP contribution in [0.1, 0.15) is 57.7 Å². The molecule has 3 aromatic carbocycles. The second-order valence-electron chi connectivity index (χ2n) is 9.20. The van der Waals surface area contributed by atoms with Gasteiger partial charge in [0.05, 0.1) is 5.56 Å². The van der Waals surface area contributed by atoms with E-state index in [2.05, 4.69) is 12.1 Å². The minimum Gasteiger partial charge on any atom is -0.478 e. The third-order valence-corrected chi connectivity index (χ3v) is 6.25. The van der Waals surface area contributed by atoms with Crippen molar-refractivity contribution in [3.05, 3.63) is 107 Å². The lowest BCUT2D eigenvalue weighted by atomic mass is 9.76. The van der Waals surface area contributed by atoms with Crippen molar-refractivity contribution in [2.75, 3.05) is 11.4 Å². The number of anilines is 1. The molecule has 0 unspecified atom stereocenters. The summed E-state index contributed by atoms with van der Waals surface area (Å²) in [7, 11) is 0. The standard InChI is InChI=1S/C29H27NO4/c1-29(2)19-27(32)30(17-16-20-6-4-3-5-7-20)25-14-13-23(18-24(25)29)26(31)15-10-21-8-11-22(12-9-21)28(33)34/h3-15,18H,16-17,19H2,1-2H3,(H,33,34)/b15-10+. The van der Waals surface area contributed by atoms with Crippen molar-refractivity contribution < 1.29 is 19.5 Å². The van der Waals surface area contributed by atoms with Crippen molar-refractivity contribution in [1.29, 1.82) is 0 Å². The lowest BCUT2D eigenvalue weighted by Gasteiger charge is -2.39. The van der Waals surface area contributed by atoms with Crippen LogP contribution < -0.4 is 4.90 Å². The number of carboxylic acids is 1. The van der Waals surface area contributed by atoms with E-state index in [9.17, 15) is 14.4 Å². The molecule has 0 saturated carbocycles. The fourth-order valence-electron chi connectivity index (χ4n) is 4.31. The van der Waals surface area contributed by atoms with Gasteiger partial charge in [-0.05, 0) is 59.5 Å². The van der Waals surface area contributed by atoms with Crippen LogP contribution in [0, 0.1) is 0 Å². The van der Waals surface area contributed by atoms with Gasteiger partial charge in [-0.15, -0.1) is 0 Å². The van der Waals surface area contributed by atoms with E-state index in [4.69, 9.17) is 5.11 Å². The number of fused-ring (bicyclic) bond motifs is 1. The van der Waals surface area contributed by atoms with Crippen molar-refractivity contribution in [1.82, 2.24) is 0 Å². The first-order valence-corrected chi connectivity index (χ1v) is 11.3. The van der Waals surface area contributed by atoms with Gasteiger partial charge in [0.1, 0.15) is 0 Å². The van der Waals surface area contributed by atoms with Crippen LogP contribution in [0.4, 0.5) is 5.69 Å². The molecule has 0 spiro atoms. The zero-order chi connectivity index (χ0) is 24.3. The maximum atomic E-state index is 12.9. The van der Waals surface area contributed by atoms with Gasteiger partial charge >= 0.3 is 5.97 Å². The number of hydrogen-bond acceptors (Lipinski definition) is 3. The van der Waals surface area contributed by atoms with E-state index in [0.717, 1.165) is 23.2 Å². The molecule has 3 aromatic rings. The highest BCUT2D eigenvalue weighted by Gasteiger charge is 2.36. The van der Waals surface area contributed by atoms with Crippen molar-refractivity contribution in [2.45, 2.75) is 32.1 Å². The third kappa shape index (κ3) is 4.99. The number of benzene rings is 3. The fraction of sp³-hybridized carbons (Fsp3) is 0.207. The first-order valence-electron chi connectivity index (χ1n) is 11.3. The SMILES string of the molecule is CC1(C)CC(=O)N(CCc2ccccc2)c2ccc(C(=O)/C=C/c3ccc(C(=O)O)cc3)cc21. The Morgan fingerprint density at radius 1 is 0.971 bits per heavy atom. The number of nitrogens with zero attached hydrogens (tertiary/aromatic N) is 1. The molecule has 1 aliphatic rings. The van der Waals surface area contributed by atoms with Crippen LogP contribution in [0.5, 0.6) is 0 Å². The van der Waals surface area contributed by atoms with Gasteiger partial charge in [-0.2, -0.15) is 0 Å². The number of amides is 1. The number of ketones is 1. The monoisotopic (exact) mass is 453 g/mol. The summed E-state index contributed by atoms with van der Waals surface area (Å²) >= 11 is 0. The van der Waals surface area contributed by atoms with Crippen LogP contribution in [0.25, 0.3) is 6.08 Å². The molecule has 0 aromatic heterocycles. The Labute approximate surface area is 199 Å². The summed E-state index contributed by atoms with van der Waals surface area (Å²) in [4.78, 5) is 38.7. The fourth-order valence-corrected chi connectivity index (χ4v) is 4.31. The summed E-state index contributed by atoms with van der Waals surface area (Å²) in [5.41, 5.74) is 4.16. The smallest absolute Gasteiger partial charge is 0.335 e. The molecule has 34 heavy (non-hydrogen) atoms. The molecule has 172 valence electrons. The normalized spacial score (nSPS) is 14.8. The van der Waals surface area contributed by atoms with E-state index in [-0.39, 0.29) is 22.7 Å². The first-order chi connectivity index (χ1) is 16.2. The molecular formula is C29H27NO4. The predicted octanol–water partition coefficient (Wildman–Crippen LogP) is 5.54. The van der Waals surface area contributed by atoms with E-state index >= 15 is 0 Å². The number of allylic oxidation sites excluding steroid dienone is 1. The highest BCUT2D eigenvalue weighted by molar-refractivity contribution is 6.08. The summed E-state index contributed by atoms with van der Waals surface area (Å²) in [6.45, 7) is 4.66. The lowest BCUT2D eigenvalue weighted by Crippen LogP contribution is -2.43. The molecular weight excluding hydrogens is 426 g/mol. The molecule has 0 saturated heterocycles. The van der Waals surface area contributed by atoms with Crippen LogP contribution >= 0.6 is 0 Å². The molecule has 1 N–H and O–H groups in total. The zero-order valence-electron chi connectivity index (χ0n) is 19.3. The zero-order valence-corrected chi connectivity index (χ0v) is 19.3. The molecule has 0 fully saturated rings. The molecule has 5 nitrogen and oxygen atoms in total. The molecule has 5 heteroatoms. The summed E-state index contributed by atoms with van der Waals surface area (Å²) in [6, 6.07) is 22.0. The van der Waals surface area contributed by atoms with Crippen LogP contribution in [0.2, 0.25) is 0 Å². The van der Waals surface area contributed by atoms with Crippen LogP contribution in [-0.4, -0.2) is 29.3 Å². The number of carbonyl (C=O) groups is 3. The summed E-state index contributed by atoms with van der Waals surface area (Å²) in [6.07, 6.45) is 4.31. The predicted molar refractivity (Wildman–Crippen MR) is 133 cm³/mol. The van der Waals surface area contributed by atoms with Gasteiger partial charge in [-0.1, -0.05) is 62.4 Å². The summed E-state index contributed by atoms with van der Waals surface area (Å²) in [5, 5.41) is 9.01. The molecule has 0 atom stereocenters. The van der Waals surface area contributed by atoms with Gasteiger partial charge in [0.2, 0.25) is 5.91 Å². The Balaban J connectivity index is 1.56. The third-order valence-electron chi connectivity index (χ3n) is 6.25. The number of carboxylic acid groups (broad SMARTS) is 1. The van der Waals surface area contributed by atoms with E-state index in [0.29, 0.717) is 18.5 Å². The molecule has 0 bridgehead atoms. The van der Waals surface area contributed by atoms with E-state index < -0.39 is 5.97 Å². The average Bonchev–Trinajstić information content (AvgIpc) is 2.82. The van der Waals surface area contributed by atoms with Crippen molar-refractivity contribution in [3.63, 3.8) is 0 Å². The molecule has 0 aliphatic carbocycles. The first kappa shape index (κ1) is 23.2. The van der Waals surface area contributed by atoms with E-state index in [1.54, 1.807) is 24.3 Å². The average molecular weight is 454 g/mol. The van der Waals surface area contributed by atoms with Gasteiger partial charge in [0.15, 0.2) is 5.78 Å². The minimum atomic E-state index is -0.987. The molecule has 1 heterocycles. The van der Waals surface area contributed by atoms with Gasteiger partial charge in [0.25, 0.3) is 0 Å². The highest BCUT2D eigenvalue weighted by Crippen LogP contribution is 2.41. The number of hydrogen-bond donors (Lipinski definition) is 1. The van der Waals surface area contributed by atoms with E-state index in [1.807, 2.05) is 49.1 Å². The quantitative estimate of drug-likeness (QED) is 0.377. The van der Waals surface area contributed by atoms with E-state index in [1.165, 1.54) is 23.8 Å². The molecule has 1 amide bonds. The maximum Gasteiger partial charge on any atom is 0.335 e. The lowest BCUT2D eigenvalue weighted by molar-refractivity contribution is -0.120. The highest BCUT2D eigenvalue weighted by atomic mass is 16.4. The molecule has 0 radical (unpaired) electrons. The molecule has 1 aliphatic heterocycles. The molecule has 4 rings (SSSR count). The van der Waals surface area contributed by atoms with Gasteiger partial charge in [0, 0.05) is 29.6 Å². The van der Waals surface area contributed by atoms with Crippen molar-refractivity contribution in [3.8, 4) is 0 Å². The summed E-state index contributed by atoms with van der Waals surface area (Å²) < 4.78 is 0. The number of aromatic carboxylic acids is 1. The maximum absolute atomic E-state index is 12.9. The number of rotatable bonds is 7. The van der Waals surface area contributed by atoms with Crippen molar-refractivity contribution in [2.24, 2.45) is 0 Å². The van der Waals surface area contributed by atoms with Gasteiger partial charge in [-0.25, -0.2) is 4.79 Å². The van der Waals surface area contributed by atoms with Crippen LogP contribution in [-0.2, 0) is 16.6 Å². The Kier molecular flexibility index (Phi) is 6.46. The second kappa shape index (κ2) is 9.48. The minimum absolute atomic E-state index is 0.0946. The van der Waals surface area contributed by atoms with Crippen LogP contribution in [0.15, 0.2) is 78.9 Å². The summed E-state index contributed by atoms with van der Waals surface area (Å²) in [5.74, 6) is -1.04. The Bertz CT molecular complexity index is 1260. The van der Waals surface area contributed by atoms with Gasteiger partial charge < -0.3 is 10.0 Å².